The second kappa shape index (κ2) is 9.60. The molecule has 7 heteroatoms. The maximum absolute atomic E-state index is 13.0. The largest absolute Gasteiger partial charge is 0.403 e. The lowest BCUT2D eigenvalue weighted by atomic mass is 9.95. The molecule has 2 saturated heterocycles. The van der Waals surface area contributed by atoms with Gasteiger partial charge in [-0.1, -0.05) is 36.1 Å². The topological polar surface area (TPSA) is 65.7 Å². The van der Waals surface area contributed by atoms with Gasteiger partial charge in [-0.05, 0) is 44.9 Å². The van der Waals surface area contributed by atoms with E-state index in [1.807, 2.05) is 24.3 Å². The lowest BCUT2D eigenvalue weighted by Crippen LogP contribution is -2.51. The number of piperazine rings is 1. The first-order chi connectivity index (χ1) is 14.6. The molecule has 162 valence electrons. The van der Waals surface area contributed by atoms with Crippen molar-refractivity contribution >= 4 is 11.9 Å². The molecule has 2 fully saturated rings. The molecule has 1 amide bonds. The zero-order valence-electron chi connectivity index (χ0n) is 18.2. The van der Waals surface area contributed by atoms with Gasteiger partial charge in [-0.2, -0.15) is 0 Å². The van der Waals surface area contributed by atoms with Crippen LogP contribution in [0.4, 0.5) is 6.01 Å². The van der Waals surface area contributed by atoms with Gasteiger partial charge in [0.15, 0.2) is 0 Å². The van der Waals surface area contributed by atoms with Crippen LogP contribution < -0.4 is 4.90 Å². The number of carbonyl (C=O) groups is 1. The number of hydrogen-bond acceptors (Lipinski definition) is 6. The summed E-state index contributed by atoms with van der Waals surface area (Å²) in [5, 5.41) is 8.45. The third kappa shape index (κ3) is 4.83. The molecule has 0 N–H and O–H groups in total. The van der Waals surface area contributed by atoms with Crippen molar-refractivity contribution in [1.82, 2.24) is 20.0 Å². The van der Waals surface area contributed by atoms with Gasteiger partial charge < -0.3 is 14.2 Å². The van der Waals surface area contributed by atoms with Crippen molar-refractivity contribution in [3.63, 3.8) is 0 Å². The summed E-state index contributed by atoms with van der Waals surface area (Å²) >= 11 is 0. The number of aryl methyl sites for hydroxylation is 1. The van der Waals surface area contributed by atoms with Crippen LogP contribution in [0.1, 0.15) is 38.2 Å². The fourth-order valence-corrected chi connectivity index (χ4v) is 4.31. The second-order valence-electron chi connectivity index (χ2n) is 8.54. The Bertz CT molecular complexity index is 818. The molecule has 0 spiro atoms. The summed E-state index contributed by atoms with van der Waals surface area (Å²) in [6, 6.07) is 8.64. The number of benzene rings is 1. The van der Waals surface area contributed by atoms with E-state index in [-0.39, 0.29) is 5.92 Å². The van der Waals surface area contributed by atoms with Crippen LogP contribution in [-0.4, -0.2) is 71.7 Å². The molecule has 0 aliphatic carbocycles. The molecule has 0 unspecified atom stereocenters. The molecule has 30 heavy (non-hydrogen) atoms. The zero-order valence-corrected chi connectivity index (χ0v) is 18.2. The van der Waals surface area contributed by atoms with E-state index in [2.05, 4.69) is 38.7 Å². The quantitative estimate of drug-likeness (QED) is 0.727. The second-order valence-corrected chi connectivity index (χ2v) is 8.54. The zero-order chi connectivity index (χ0) is 20.9. The minimum atomic E-state index is 0.114. The highest BCUT2D eigenvalue weighted by molar-refractivity contribution is 5.79. The SMILES string of the molecule is CCCCN1CCN(C(=O)C2CCN(c3nnc(-c4ccc(C)cc4)o3)CC2)CC1. The molecule has 1 aromatic carbocycles. The van der Waals surface area contributed by atoms with Gasteiger partial charge in [0.25, 0.3) is 0 Å². The van der Waals surface area contributed by atoms with Gasteiger partial charge in [0.2, 0.25) is 11.8 Å². The summed E-state index contributed by atoms with van der Waals surface area (Å²) in [5.74, 6) is 0.989. The number of nitrogens with zero attached hydrogens (tertiary/aromatic N) is 5. The van der Waals surface area contributed by atoms with Crippen LogP contribution in [0.5, 0.6) is 0 Å². The Labute approximate surface area is 179 Å². The fraction of sp³-hybridized carbons (Fsp3) is 0.609. The van der Waals surface area contributed by atoms with Gasteiger partial charge in [-0.3, -0.25) is 9.69 Å². The Morgan fingerprint density at radius 2 is 1.73 bits per heavy atom. The van der Waals surface area contributed by atoms with E-state index in [0.717, 1.165) is 64.2 Å². The highest BCUT2D eigenvalue weighted by atomic mass is 16.4. The molecular formula is C23H33N5O2. The maximum Gasteiger partial charge on any atom is 0.318 e. The number of aromatic nitrogens is 2. The molecule has 3 heterocycles. The van der Waals surface area contributed by atoms with Crippen LogP contribution in [0.15, 0.2) is 28.7 Å². The smallest absolute Gasteiger partial charge is 0.318 e. The molecule has 7 nitrogen and oxygen atoms in total. The Morgan fingerprint density at radius 1 is 1.03 bits per heavy atom. The number of amides is 1. The van der Waals surface area contributed by atoms with Gasteiger partial charge in [0.1, 0.15) is 0 Å². The monoisotopic (exact) mass is 411 g/mol. The molecule has 2 aromatic rings. The average Bonchev–Trinajstić information content (AvgIpc) is 3.28. The summed E-state index contributed by atoms with van der Waals surface area (Å²) in [6.07, 6.45) is 4.16. The Kier molecular flexibility index (Phi) is 6.67. The van der Waals surface area contributed by atoms with Gasteiger partial charge in [-0.25, -0.2) is 0 Å². The minimum Gasteiger partial charge on any atom is -0.403 e. The lowest BCUT2D eigenvalue weighted by molar-refractivity contribution is -0.138. The Hall–Kier alpha value is -2.41. The van der Waals surface area contributed by atoms with E-state index in [0.29, 0.717) is 17.8 Å². The normalized spacial score (nSPS) is 18.7. The molecule has 0 saturated carbocycles. The third-order valence-electron chi connectivity index (χ3n) is 6.34. The number of rotatable bonds is 6. The van der Waals surface area contributed by atoms with Gasteiger partial charge in [-0.15, -0.1) is 5.10 Å². The Morgan fingerprint density at radius 3 is 2.40 bits per heavy atom. The highest BCUT2D eigenvalue weighted by Crippen LogP contribution is 2.27. The molecule has 0 atom stereocenters. The number of anilines is 1. The summed E-state index contributed by atoms with van der Waals surface area (Å²) in [6.45, 7) is 10.8. The molecule has 0 radical (unpaired) electrons. The van der Waals surface area contributed by atoms with E-state index in [1.54, 1.807) is 0 Å². The van der Waals surface area contributed by atoms with Crippen LogP contribution in [0.25, 0.3) is 11.5 Å². The fourth-order valence-electron chi connectivity index (χ4n) is 4.31. The number of piperidine rings is 1. The van der Waals surface area contributed by atoms with Crippen molar-refractivity contribution in [2.75, 3.05) is 50.7 Å². The molecule has 2 aliphatic rings. The van der Waals surface area contributed by atoms with Crippen molar-refractivity contribution in [2.45, 2.75) is 39.5 Å². The van der Waals surface area contributed by atoms with Crippen molar-refractivity contribution in [1.29, 1.82) is 0 Å². The van der Waals surface area contributed by atoms with Crippen molar-refractivity contribution in [2.24, 2.45) is 5.92 Å². The number of unbranched alkanes of at least 4 members (excludes halogenated alkanes) is 1. The van der Waals surface area contributed by atoms with Gasteiger partial charge >= 0.3 is 6.01 Å². The van der Waals surface area contributed by atoms with Crippen LogP contribution >= 0.6 is 0 Å². The van der Waals surface area contributed by atoms with E-state index < -0.39 is 0 Å². The van der Waals surface area contributed by atoms with E-state index in [9.17, 15) is 4.79 Å². The summed E-state index contributed by atoms with van der Waals surface area (Å²) in [7, 11) is 0. The minimum absolute atomic E-state index is 0.114. The van der Waals surface area contributed by atoms with Gasteiger partial charge in [0.05, 0.1) is 0 Å². The first-order valence-corrected chi connectivity index (χ1v) is 11.3. The summed E-state index contributed by atoms with van der Waals surface area (Å²) in [4.78, 5) is 19.6. The van der Waals surface area contributed by atoms with E-state index >= 15 is 0 Å². The molecule has 4 rings (SSSR count). The predicted octanol–water partition coefficient (Wildman–Crippen LogP) is 3.21. The molecule has 1 aromatic heterocycles. The van der Waals surface area contributed by atoms with Gasteiger partial charge in [0, 0.05) is 50.7 Å². The van der Waals surface area contributed by atoms with Crippen LogP contribution in [0, 0.1) is 12.8 Å². The molecular weight excluding hydrogens is 378 g/mol. The molecule has 2 aliphatic heterocycles. The first kappa shape index (κ1) is 20.8. The Balaban J connectivity index is 1.27. The third-order valence-corrected chi connectivity index (χ3v) is 6.34. The van der Waals surface area contributed by atoms with Crippen LogP contribution in [0.2, 0.25) is 0 Å². The maximum atomic E-state index is 13.0. The summed E-state index contributed by atoms with van der Waals surface area (Å²) in [5.41, 5.74) is 2.13. The highest BCUT2D eigenvalue weighted by Gasteiger charge is 2.31. The number of carbonyl (C=O) groups excluding carboxylic acids is 1. The van der Waals surface area contributed by atoms with Crippen molar-refractivity contribution < 1.29 is 9.21 Å². The van der Waals surface area contributed by atoms with Crippen LogP contribution in [-0.2, 0) is 4.79 Å². The summed E-state index contributed by atoms with van der Waals surface area (Å²) < 4.78 is 5.91. The average molecular weight is 412 g/mol. The van der Waals surface area contributed by atoms with Crippen LogP contribution in [0.3, 0.4) is 0 Å². The number of hydrogen-bond donors (Lipinski definition) is 0. The van der Waals surface area contributed by atoms with E-state index in [1.165, 1.54) is 18.4 Å². The van der Waals surface area contributed by atoms with Crippen molar-refractivity contribution in [3.8, 4) is 11.5 Å². The van der Waals surface area contributed by atoms with E-state index in [4.69, 9.17) is 4.42 Å². The lowest BCUT2D eigenvalue weighted by Gasteiger charge is -2.38. The molecule has 0 bridgehead atoms. The standard InChI is InChI=1S/C23H33N5O2/c1-3-4-11-26-14-16-27(17-15-26)22(29)20-9-12-28(13-10-20)23-25-24-21(30-23)19-7-5-18(2)6-8-19/h5-8,20H,3-4,9-17H2,1-2H3. The first-order valence-electron chi connectivity index (χ1n) is 11.3. The van der Waals surface area contributed by atoms with Crippen molar-refractivity contribution in [3.05, 3.63) is 29.8 Å². The predicted molar refractivity (Wildman–Crippen MR) is 117 cm³/mol.